The number of carboxylic acid groups (broad SMARTS) is 1. The van der Waals surface area contributed by atoms with E-state index in [-0.39, 0.29) is 24.4 Å². The van der Waals surface area contributed by atoms with Crippen LogP contribution in [0.2, 0.25) is 0 Å². The number of urea groups is 1. The Labute approximate surface area is 116 Å². The number of nitrogens with zero attached hydrogens (tertiary/aromatic N) is 2. The van der Waals surface area contributed by atoms with Gasteiger partial charge in [0.25, 0.3) is 0 Å². The van der Waals surface area contributed by atoms with Crippen molar-refractivity contribution in [2.45, 2.75) is 32.9 Å². The molecule has 0 radical (unpaired) electrons. The molecule has 0 aliphatic rings. The molecular weight excluding hydrogens is 266 g/mol. The first-order valence-corrected chi connectivity index (χ1v) is 6.95. The van der Waals surface area contributed by atoms with Gasteiger partial charge in [0.2, 0.25) is 0 Å². The van der Waals surface area contributed by atoms with E-state index in [4.69, 9.17) is 5.11 Å². The fourth-order valence-electron chi connectivity index (χ4n) is 1.54. The van der Waals surface area contributed by atoms with Crippen LogP contribution < -0.4 is 5.32 Å². The number of aliphatic carboxylic acids is 1. The van der Waals surface area contributed by atoms with Crippen molar-refractivity contribution in [2.75, 3.05) is 7.05 Å². The van der Waals surface area contributed by atoms with Crippen molar-refractivity contribution < 1.29 is 14.7 Å². The Bertz CT molecular complexity index is 420. The molecule has 1 rings (SSSR count). The van der Waals surface area contributed by atoms with E-state index in [1.165, 1.54) is 16.2 Å². The van der Waals surface area contributed by atoms with Crippen molar-refractivity contribution in [2.24, 2.45) is 5.92 Å². The van der Waals surface area contributed by atoms with Crippen LogP contribution in [0.25, 0.3) is 0 Å². The lowest BCUT2D eigenvalue weighted by atomic mass is 10.0. The Hall–Kier alpha value is -1.63. The molecule has 6 nitrogen and oxygen atoms in total. The number of carbonyl (C=O) groups excluding carboxylic acids is 1. The number of carbonyl (C=O) groups is 2. The maximum atomic E-state index is 12.0. The quantitative estimate of drug-likeness (QED) is 0.834. The van der Waals surface area contributed by atoms with Gasteiger partial charge >= 0.3 is 12.0 Å². The molecule has 0 aliphatic heterocycles. The highest BCUT2D eigenvalue weighted by Crippen LogP contribution is 2.08. The van der Waals surface area contributed by atoms with Crippen LogP contribution in [0.5, 0.6) is 0 Å². The maximum absolute atomic E-state index is 12.0. The van der Waals surface area contributed by atoms with Crippen molar-refractivity contribution in [3.05, 3.63) is 16.6 Å². The second-order valence-electron chi connectivity index (χ2n) is 4.73. The first-order valence-electron chi connectivity index (χ1n) is 6.00. The van der Waals surface area contributed by atoms with Crippen LogP contribution >= 0.6 is 11.3 Å². The predicted molar refractivity (Wildman–Crippen MR) is 73.0 cm³/mol. The lowest BCUT2D eigenvalue weighted by Gasteiger charge is -2.24. The summed E-state index contributed by atoms with van der Waals surface area (Å²) in [5, 5.41) is 13.4. The van der Waals surface area contributed by atoms with E-state index in [2.05, 4.69) is 10.3 Å². The number of nitrogens with one attached hydrogen (secondary N) is 1. The number of carboxylic acids is 1. The van der Waals surface area contributed by atoms with Gasteiger partial charge < -0.3 is 15.3 Å². The molecule has 0 saturated heterocycles. The van der Waals surface area contributed by atoms with Crippen LogP contribution in [-0.2, 0) is 11.3 Å². The average Bonchev–Trinajstić information content (AvgIpc) is 2.79. The Morgan fingerprint density at radius 1 is 1.53 bits per heavy atom. The summed E-state index contributed by atoms with van der Waals surface area (Å²) < 4.78 is 0. The normalized spacial score (nSPS) is 12.2. The summed E-state index contributed by atoms with van der Waals surface area (Å²) >= 11 is 1.47. The molecule has 1 aromatic rings. The Morgan fingerprint density at radius 2 is 2.21 bits per heavy atom. The van der Waals surface area contributed by atoms with E-state index in [1.54, 1.807) is 12.6 Å². The summed E-state index contributed by atoms with van der Waals surface area (Å²) in [5.41, 5.74) is 2.53. The molecule has 0 fully saturated rings. The van der Waals surface area contributed by atoms with Crippen LogP contribution in [-0.4, -0.2) is 40.1 Å². The van der Waals surface area contributed by atoms with E-state index >= 15 is 0 Å². The minimum absolute atomic E-state index is 0.0627. The van der Waals surface area contributed by atoms with Gasteiger partial charge in [-0.1, -0.05) is 13.8 Å². The lowest BCUT2D eigenvalue weighted by Crippen LogP contribution is -2.45. The van der Waals surface area contributed by atoms with E-state index in [1.807, 2.05) is 19.2 Å². The minimum atomic E-state index is -0.916. The molecule has 2 amide bonds. The van der Waals surface area contributed by atoms with Gasteiger partial charge in [0.1, 0.15) is 0 Å². The van der Waals surface area contributed by atoms with Crippen molar-refractivity contribution >= 4 is 23.3 Å². The van der Waals surface area contributed by atoms with Crippen LogP contribution in [0.1, 0.15) is 26.0 Å². The molecule has 0 saturated carbocycles. The zero-order valence-electron chi connectivity index (χ0n) is 11.3. The zero-order valence-corrected chi connectivity index (χ0v) is 12.1. The van der Waals surface area contributed by atoms with Gasteiger partial charge in [0.15, 0.2) is 0 Å². The van der Waals surface area contributed by atoms with E-state index in [9.17, 15) is 9.59 Å². The third-order valence-corrected chi connectivity index (χ3v) is 3.37. The topological polar surface area (TPSA) is 82.5 Å². The van der Waals surface area contributed by atoms with Gasteiger partial charge in [-0.15, -0.1) is 11.3 Å². The fraction of sp³-hybridized carbons (Fsp3) is 0.583. The van der Waals surface area contributed by atoms with Crippen molar-refractivity contribution in [1.82, 2.24) is 15.2 Å². The van der Waals surface area contributed by atoms with Crippen LogP contribution in [0.3, 0.4) is 0 Å². The average molecular weight is 285 g/mol. The van der Waals surface area contributed by atoms with E-state index in [0.29, 0.717) is 6.54 Å². The predicted octanol–water partition coefficient (Wildman–Crippen LogP) is 1.78. The fourth-order valence-corrected chi connectivity index (χ4v) is 2.09. The summed E-state index contributed by atoms with van der Waals surface area (Å²) in [6, 6.07) is -0.657. The molecular formula is C12H19N3O3S. The molecule has 7 heteroatoms. The van der Waals surface area contributed by atoms with Crippen LogP contribution in [0, 0.1) is 5.92 Å². The second-order valence-corrected chi connectivity index (χ2v) is 5.45. The summed E-state index contributed by atoms with van der Waals surface area (Å²) in [7, 11) is 1.66. The van der Waals surface area contributed by atoms with Gasteiger partial charge in [-0.25, -0.2) is 9.78 Å². The van der Waals surface area contributed by atoms with Gasteiger partial charge in [0.05, 0.1) is 24.2 Å². The minimum Gasteiger partial charge on any atom is -0.481 e. The SMILES string of the molecule is CC(C)[C@H](CC(=O)O)NC(=O)N(C)Cc1cscn1. The molecule has 106 valence electrons. The number of aromatic nitrogens is 1. The summed E-state index contributed by atoms with van der Waals surface area (Å²) in [6.07, 6.45) is -0.0754. The van der Waals surface area contributed by atoms with Crippen molar-refractivity contribution in [3.63, 3.8) is 0 Å². The molecule has 19 heavy (non-hydrogen) atoms. The van der Waals surface area contributed by atoms with Crippen molar-refractivity contribution in [1.29, 1.82) is 0 Å². The van der Waals surface area contributed by atoms with Gasteiger partial charge in [-0.05, 0) is 5.92 Å². The largest absolute Gasteiger partial charge is 0.481 e. The second kappa shape index (κ2) is 7.08. The van der Waals surface area contributed by atoms with Crippen molar-refractivity contribution in [3.8, 4) is 0 Å². The molecule has 0 bridgehead atoms. The molecule has 0 spiro atoms. The Morgan fingerprint density at radius 3 is 2.68 bits per heavy atom. The number of amides is 2. The molecule has 0 aliphatic carbocycles. The lowest BCUT2D eigenvalue weighted by molar-refractivity contribution is -0.137. The number of hydrogen-bond donors (Lipinski definition) is 2. The third-order valence-electron chi connectivity index (χ3n) is 2.74. The molecule has 1 heterocycles. The first kappa shape index (κ1) is 15.4. The maximum Gasteiger partial charge on any atom is 0.317 e. The van der Waals surface area contributed by atoms with E-state index in [0.717, 1.165) is 5.69 Å². The third kappa shape index (κ3) is 5.25. The molecule has 2 N–H and O–H groups in total. The summed E-state index contributed by atoms with van der Waals surface area (Å²) in [6.45, 7) is 4.18. The molecule has 0 unspecified atom stereocenters. The number of rotatable bonds is 6. The summed E-state index contributed by atoms with van der Waals surface area (Å²) in [4.78, 5) is 28.3. The van der Waals surface area contributed by atoms with Gasteiger partial charge in [0, 0.05) is 18.5 Å². The first-order chi connectivity index (χ1) is 8.90. The van der Waals surface area contributed by atoms with Gasteiger partial charge in [-0.2, -0.15) is 0 Å². The van der Waals surface area contributed by atoms with E-state index < -0.39 is 5.97 Å². The Kier molecular flexibility index (Phi) is 5.75. The molecule has 1 aromatic heterocycles. The smallest absolute Gasteiger partial charge is 0.317 e. The highest BCUT2D eigenvalue weighted by Gasteiger charge is 2.21. The van der Waals surface area contributed by atoms with Crippen LogP contribution in [0.4, 0.5) is 4.79 Å². The van der Waals surface area contributed by atoms with Gasteiger partial charge in [-0.3, -0.25) is 4.79 Å². The highest BCUT2D eigenvalue weighted by molar-refractivity contribution is 7.07. The number of thiazole rings is 1. The number of hydrogen-bond acceptors (Lipinski definition) is 4. The van der Waals surface area contributed by atoms with Crippen LogP contribution in [0.15, 0.2) is 10.9 Å². The summed E-state index contributed by atoms with van der Waals surface area (Å²) in [5.74, 6) is -0.853. The molecule has 0 aromatic carbocycles. The molecule has 1 atom stereocenters. The zero-order chi connectivity index (χ0) is 14.4. The highest BCUT2D eigenvalue weighted by atomic mass is 32.1. The Balaban J connectivity index is 2.53. The monoisotopic (exact) mass is 285 g/mol. The standard InChI is InChI=1S/C12H19N3O3S/c1-8(2)10(4-11(16)17)14-12(18)15(3)5-9-6-19-7-13-9/h6-8,10H,4-5H2,1-3H3,(H,14,18)(H,16,17)/t10-/m0/s1.